The highest BCUT2D eigenvalue weighted by atomic mass is 16.5. The second-order valence-corrected chi connectivity index (χ2v) is 7.47. The lowest BCUT2D eigenvalue weighted by molar-refractivity contribution is -0.142. The number of H-pyrrole nitrogens is 1. The zero-order valence-corrected chi connectivity index (χ0v) is 14.8. The summed E-state index contributed by atoms with van der Waals surface area (Å²) < 4.78 is 5.51. The number of nitrogens with zero attached hydrogens (tertiary/aromatic N) is 3. The first-order valence-corrected chi connectivity index (χ1v) is 9.32. The van der Waals surface area contributed by atoms with Gasteiger partial charge in [-0.25, -0.2) is 4.98 Å². The van der Waals surface area contributed by atoms with Crippen molar-refractivity contribution in [3.63, 3.8) is 0 Å². The lowest BCUT2D eigenvalue weighted by atomic mass is 9.95. The highest BCUT2D eigenvalue weighted by molar-refractivity contribution is 5.81. The van der Waals surface area contributed by atoms with Crippen molar-refractivity contribution in [1.29, 1.82) is 0 Å². The number of piperidine rings is 1. The molecule has 7 heteroatoms. The number of likely N-dealkylation sites (tertiary alicyclic amines) is 1. The summed E-state index contributed by atoms with van der Waals surface area (Å²) in [4.78, 5) is 36.7. The molecule has 0 unspecified atom stereocenters. The molecule has 0 aliphatic carbocycles. The Morgan fingerprint density at radius 2 is 2.04 bits per heavy atom. The number of fused-ring (bicyclic) bond motifs is 1. The second-order valence-electron chi connectivity index (χ2n) is 7.47. The maximum absolute atomic E-state index is 12.4. The second kappa shape index (κ2) is 6.88. The highest BCUT2D eigenvalue weighted by Crippen LogP contribution is 2.27. The fourth-order valence-electron chi connectivity index (χ4n) is 4.13. The van der Waals surface area contributed by atoms with Gasteiger partial charge in [-0.05, 0) is 39.2 Å². The van der Waals surface area contributed by atoms with Crippen molar-refractivity contribution in [2.45, 2.75) is 50.7 Å². The number of hydrogen-bond donors (Lipinski definition) is 1. The Bertz CT molecular complexity index is 703. The number of amides is 1. The normalized spacial score (nSPS) is 25.2. The van der Waals surface area contributed by atoms with Gasteiger partial charge >= 0.3 is 0 Å². The van der Waals surface area contributed by atoms with Crippen LogP contribution in [0.15, 0.2) is 4.79 Å². The maximum Gasteiger partial charge on any atom is 0.254 e. The summed E-state index contributed by atoms with van der Waals surface area (Å²) in [6.07, 6.45) is 4.02. The minimum Gasteiger partial charge on any atom is -0.368 e. The summed E-state index contributed by atoms with van der Waals surface area (Å²) in [5.74, 6) is 1.14. The largest absolute Gasteiger partial charge is 0.368 e. The quantitative estimate of drug-likeness (QED) is 0.850. The van der Waals surface area contributed by atoms with Crippen LogP contribution in [0, 0.1) is 0 Å². The zero-order chi connectivity index (χ0) is 17.4. The molecule has 0 saturated carbocycles. The predicted molar refractivity (Wildman–Crippen MR) is 92.4 cm³/mol. The minimum absolute atomic E-state index is 0.0194. The number of carbonyl (C=O) groups excluding carboxylic acids is 1. The SMILES string of the molecule is CN1CCc2c(nc(C3CCN(C(=O)[C@@H]4CCCO4)CC3)[nH]c2=O)C1. The van der Waals surface area contributed by atoms with E-state index in [1.807, 2.05) is 4.90 Å². The van der Waals surface area contributed by atoms with E-state index in [4.69, 9.17) is 9.72 Å². The van der Waals surface area contributed by atoms with Crippen LogP contribution in [-0.4, -0.2) is 65.1 Å². The molecule has 7 nitrogen and oxygen atoms in total. The third kappa shape index (κ3) is 3.35. The molecule has 136 valence electrons. The summed E-state index contributed by atoms with van der Waals surface area (Å²) in [5, 5.41) is 0. The average Bonchev–Trinajstić information content (AvgIpc) is 3.15. The van der Waals surface area contributed by atoms with Crippen LogP contribution in [0.3, 0.4) is 0 Å². The topological polar surface area (TPSA) is 78.5 Å². The van der Waals surface area contributed by atoms with E-state index in [1.165, 1.54) is 0 Å². The molecular weight excluding hydrogens is 320 g/mol. The number of likely N-dealkylation sites (N-methyl/N-ethyl adjacent to an activating group) is 1. The van der Waals surface area contributed by atoms with Crippen molar-refractivity contribution in [3.05, 3.63) is 27.4 Å². The molecule has 0 spiro atoms. The van der Waals surface area contributed by atoms with E-state index >= 15 is 0 Å². The first-order valence-electron chi connectivity index (χ1n) is 9.32. The van der Waals surface area contributed by atoms with Crippen LogP contribution in [0.4, 0.5) is 0 Å². The van der Waals surface area contributed by atoms with E-state index in [-0.39, 0.29) is 23.5 Å². The van der Waals surface area contributed by atoms with Crippen molar-refractivity contribution >= 4 is 5.91 Å². The third-order valence-corrected chi connectivity index (χ3v) is 5.68. The Kier molecular flexibility index (Phi) is 4.60. The summed E-state index contributed by atoms with van der Waals surface area (Å²) >= 11 is 0. The van der Waals surface area contributed by atoms with E-state index in [0.717, 1.165) is 62.3 Å². The summed E-state index contributed by atoms with van der Waals surface area (Å²) in [5.41, 5.74) is 1.78. The number of aromatic nitrogens is 2. The van der Waals surface area contributed by atoms with E-state index in [9.17, 15) is 9.59 Å². The molecule has 0 radical (unpaired) electrons. The Hall–Kier alpha value is -1.73. The molecule has 0 aromatic carbocycles. The van der Waals surface area contributed by atoms with Crippen LogP contribution in [0.1, 0.15) is 48.7 Å². The Morgan fingerprint density at radius 3 is 2.76 bits per heavy atom. The minimum atomic E-state index is -0.242. The van der Waals surface area contributed by atoms with Gasteiger partial charge in [-0.1, -0.05) is 0 Å². The Labute approximate surface area is 147 Å². The molecule has 2 fully saturated rings. The fraction of sp³-hybridized carbons (Fsp3) is 0.722. The molecule has 1 atom stereocenters. The summed E-state index contributed by atoms with van der Waals surface area (Å²) in [6.45, 7) is 3.76. The molecule has 4 rings (SSSR count). The van der Waals surface area contributed by atoms with Crippen LogP contribution >= 0.6 is 0 Å². The van der Waals surface area contributed by atoms with Gasteiger partial charge < -0.3 is 19.5 Å². The fourth-order valence-corrected chi connectivity index (χ4v) is 4.13. The predicted octanol–water partition coefficient (Wildman–Crippen LogP) is 0.643. The molecule has 3 aliphatic rings. The maximum atomic E-state index is 12.4. The Morgan fingerprint density at radius 1 is 1.24 bits per heavy atom. The van der Waals surface area contributed by atoms with Gasteiger partial charge in [0.05, 0.1) is 5.69 Å². The van der Waals surface area contributed by atoms with Crippen LogP contribution < -0.4 is 5.56 Å². The van der Waals surface area contributed by atoms with E-state index in [0.29, 0.717) is 19.7 Å². The number of rotatable bonds is 2. The zero-order valence-electron chi connectivity index (χ0n) is 14.8. The van der Waals surface area contributed by atoms with Crippen molar-refractivity contribution in [1.82, 2.24) is 19.8 Å². The van der Waals surface area contributed by atoms with Crippen LogP contribution in [0.2, 0.25) is 0 Å². The Balaban J connectivity index is 1.44. The standard InChI is InChI=1S/C18H26N4O3/c1-21-7-6-13-14(11-21)19-16(20-17(13)23)12-4-8-22(9-5-12)18(24)15-3-2-10-25-15/h12,15H,2-11H2,1H3,(H,19,20,23)/t15-/m0/s1. The molecule has 25 heavy (non-hydrogen) atoms. The van der Waals surface area contributed by atoms with E-state index < -0.39 is 0 Å². The molecule has 1 aromatic rings. The summed E-state index contributed by atoms with van der Waals surface area (Å²) in [6, 6.07) is 0. The van der Waals surface area contributed by atoms with Crippen molar-refractivity contribution in [2.75, 3.05) is 33.3 Å². The van der Waals surface area contributed by atoms with Crippen LogP contribution in [0.25, 0.3) is 0 Å². The third-order valence-electron chi connectivity index (χ3n) is 5.68. The van der Waals surface area contributed by atoms with E-state index in [2.05, 4.69) is 16.9 Å². The molecule has 4 heterocycles. The highest BCUT2D eigenvalue weighted by Gasteiger charge is 2.32. The van der Waals surface area contributed by atoms with Crippen LogP contribution in [0.5, 0.6) is 0 Å². The van der Waals surface area contributed by atoms with Gasteiger partial charge in [-0.15, -0.1) is 0 Å². The van der Waals surface area contributed by atoms with Gasteiger partial charge in [0.15, 0.2) is 0 Å². The summed E-state index contributed by atoms with van der Waals surface area (Å²) in [7, 11) is 2.06. The van der Waals surface area contributed by atoms with Gasteiger partial charge in [0.2, 0.25) is 0 Å². The molecule has 1 N–H and O–H groups in total. The average molecular weight is 346 g/mol. The lowest BCUT2D eigenvalue weighted by Gasteiger charge is -2.33. The molecule has 1 amide bonds. The number of nitrogens with one attached hydrogen (secondary N) is 1. The number of hydrogen-bond acceptors (Lipinski definition) is 5. The molecule has 3 aliphatic heterocycles. The first kappa shape index (κ1) is 16.7. The monoisotopic (exact) mass is 346 g/mol. The number of carbonyl (C=O) groups is 1. The lowest BCUT2D eigenvalue weighted by Crippen LogP contribution is -2.43. The van der Waals surface area contributed by atoms with Crippen LogP contribution in [-0.2, 0) is 22.5 Å². The molecule has 1 aromatic heterocycles. The van der Waals surface area contributed by atoms with Crippen molar-refractivity contribution < 1.29 is 9.53 Å². The van der Waals surface area contributed by atoms with Gasteiger partial charge in [0.25, 0.3) is 11.5 Å². The van der Waals surface area contributed by atoms with Gasteiger partial charge in [0.1, 0.15) is 11.9 Å². The van der Waals surface area contributed by atoms with Crippen molar-refractivity contribution in [2.24, 2.45) is 0 Å². The number of aromatic amines is 1. The van der Waals surface area contributed by atoms with Gasteiger partial charge in [-0.3, -0.25) is 9.59 Å². The first-order chi connectivity index (χ1) is 12.1. The molecule has 2 saturated heterocycles. The molecule has 0 bridgehead atoms. The van der Waals surface area contributed by atoms with Gasteiger partial charge in [0, 0.05) is 44.3 Å². The molecular formula is C18H26N4O3. The smallest absolute Gasteiger partial charge is 0.254 e. The van der Waals surface area contributed by atoms with Gasteiger partial charge in [-0.2, -0.15) is 0 Å². The number of ether oxygens (including phenoxy) is 1. The van der Waals surface area contributed by atoms with Crippen molar-refractivity contribution in [3.8, 4) is 0 Å². The van der Waals surface area contributed by atoms with E-state index in [1.54, 1.807) is 0 Å².